The maximum atomic E-state index is 11.9. The summed E-state index contributed by atoms with van der Waals surface area (Å²) in [7, 11) is -0.405. The van der Waals surface area contributed by atoms with Crippen molar-refractivity contribution < 1.29 is 13.2 Å². The zero-order chi connectivity index (χ0) is 17.7. The van der Waals surface area contributed by atoms with Crippen LogP contribution < -0.4 is 10.6 Å². The second kappa shape index (κ2) is 7.73. The molecule has 1 heterocycles. The van der Waals surface area contributed by atoms with Crippen LogP contribution >= 0.6 is 11.3 Å². The van der Waals surface area contributed by atoms with Gasteiger partial charge in [0.15, 0.2) is 0 Å². The number of sulfonamides is 1. The first-order chi connectivity index (χ1) is 11.3. The van der Waals surface area contributed by atoms with E-state index >= 15 is 0 Å². The number of hydrogen-bond donors (Lipinski definition) is 2. The molecule has 9 heteroatoms. The van der Waals surface area contributed by atoms with E-state index in [1.807, 2.05) is 30.5 Å². The minimum absolute atomic E-state index is 0.0390. The maximum Gasteiger partial charge on any atom is 0.319 e. The third kappa shape index (κ3) is 5.02. The Labute approximate surface area is 145 Å². The quantitative estimate of drug-likeness (QED) is 0.817. The Morgan fingerprint density at radius 1 is 1.33 bits per heavy atom. The lowest BCUT2D eigenvalue weighted by atomic mass is 10.1. The van der Waals surface area contributed by atoms with E-state index < -0.39 is 16.1 Å². The van der Waals surface area contributed by atoms with E-state index in [0.29, 0.717) is 5.69 Å². The SMILES string of the molecule is Cc1nc(-c2cccc(NC(=O)NCCS(=O)(=O)N(C)C)c2)cs1. The number of aryl methyl sites for hydroxylation is 1. The average molecular weight is 368 g/mol. The highest BCUT2D eigenvalue weighted by atomic mass is 32.2. The molecule has 0 atom stereocenters. The summed E-state index contributed by atoms with van der Waals surface area (Å²) in [6.07, 6.45) is 0. The van der Waals surface area contributed by atoms with Gasteiger partial charge < -0.3 is 10.6 Å². The molecule has 7 nitrogen and oxygen atoms in total. The highest BCUT2D eigenvalue weighted by molar-refractivity contribution is 7.89. The number of hydrogen-bond acceptors (Lipinski definition) is 5. The van der Waals surface area contributed by atoms with Crippen LogP contribution in [0.25, 0.3) is 11.3 Å². The van der Waals surface area contributed by atoms with Gasteiger partial charge in [0.2, 0.25) is 10.0 Å². The highest BCUT2D eigenvalue weighted by Gasteiger charge is 2.13. The molecule has 2 rings (SSSR count). The van der Waals surface area contributed by atoms with Crippen molar-refractivity contribution in [3.05, 3.63) is 34.7 Å². The summed E-state index contributed by atoms with van der Waals surface area (Å²) in [5.41, 5.74) is 2.39. The lowest BCUT2D eigenvalue weighted by Gasteiger charge is -2.12. The standard InChI is InChI=1S/C15H20N4O3S2/c1-11-17-14(10-23-11)12-5-4-6-13(9-12)18-15(20)16-7-8-24(21,22)19(2)3/h4-6,9-10H,7-8H2,1-3H3,(H2,16,18,20). The van der Waals surface area contributed by atoms with Crippen LogP contribution in [0.3, 0.4) is 0 Å². The largest absolute Gasteiger partial charge is 0.337 e. The van der Waals surface area contributed by atoms with E-state index in [2.05, 4.69) is 15.6 Å². The molecule has 0 radical (unpaired) electrons. The van der Waals surface area contributed by atoms with Crippen LogP contribution in [-0.4, -0.2) is 50.1 Å². The monoisotopic (exact) mass is 368 g/mol. The smallest absolute Gasteiger partial charge is 0.319 e. The molecule has 2 N–H and O–H groups in total. The Hall–Kier alpha value is -1.97. The second-order valence-corrected chi connectivity index (χ2v) is 8.68. The molecule has 0 aliphatic heterocycles. The van der Waals surface area contributed by atoms with E-state index in [0.717, 1.165) is 20.6 Å². The summed E-state index contributed by atoms with van der Waals surface area (Å²) in [5, 5.41) is 8.16. The van der Waals surface area contributed by atoms with Crippen molar-refractivity contribution in [2.45, 2.75) is 6.92 Å². The topological polar surface area (TPSA) is 91.4 Å². The molecule has 2 aromatic rings. The van der Waals surface area contributed by atoms with Gasteiger partial charge in [-0.15, -0.1) is 11.3 Å². The van der Waals surface area contributed by atoms with E-state index in [1.165, 1.54) is 14.1 Å². The number of nitrogens with one attached hydrogen (secondary N) is 2. The highest BCUT2D eigenvalue weighted by Crippen LogP contribution is 2.24. The molecule has 0 spiro atoms. The van der Waals surface area contributed by atoms with Gasteiger partial charge in [-0.3, -0.25) is 0 Å². The van der Waals surface area contributed by atoms with Gasteiger partial charge in [0.05, 0.1) is 16.5 Å². The normalized spacial score (nSPS) is 11.5. The van der Waals surface area contributed by atoms with Crippen molar-refractivity contribution in [3.63, 3.8) is 0 Å². The molecule has 24 heavy (non-hydrogen) atoms. The summed E-state index contributed by atoms with van der Waals surface area (Å²) < 4.78 is 24.4. The summed E-state index contributed by atoms with van der Waals surface area (Å²) >= 11 is 1.56. The van der Waals surface area contributed by atoms with Crippen LogP contribution in [0.2, 0.25) is 0 Å². The summed E-state index contributed by atoms with van der Waals surface area (Å²) in [6, 6.07) is 6.89. The van der Waals surface area contributed by atoms with E-state index in [9.17, 15) is 13.2 Å². The van der Waals surface area contributed by atoms with Crippen molar-refractivity contribution in [2.75, 3.05) is 31.7 Å². The van der Waals surface area contributed by atoms with E-state index in [4.69, 9.17) is 0 Å². The average Bonchev–Trinajstić information content (AvgIpc) is 2.94. The van der Waals surface area contributed by atoms with Crippen LogP contribution in [-0.2, 0) is 10.0 Å². The predicted molar refractivity (Wildman–Crippen MR) is 96.8 cm³/mol. The molecular formula is C15H20N4O3S2. The molecule has 1 aromatic heterocycles. The van der Waals surface area contributed by atoms with Gasteiger partial charge in [-0.1, -0.05) is 12.1 Å². The van der Waals surface area contributed by atoms with Crippen LogP contribution in [0.4, 0.5) is 10.5 Å². The third-order valence-corrected chi connectivity index (χ3v) is 5.84. The Kier molecular flexibility index (Phi) is 5.92. The van der Waals surface area contributed by atoms with Crippen molar-refractivity contribution in [3.8, 4) is 11.3 Å². The summed E-state index contributed by atoms with van der Waals surface area (Å²) in [6.45, 7) is 1.98. The molecule has 0 unspecified atom stereocenters. The zero-order valence-corrected chi connectivity index (χ0v) is 15.4. The van der Waals surface area contributed by atoms with Crippen molar-refractivity contribution in [1.29, 1.82) is 0 Å². The Morgan fingerprint density at radius 2 is 2.08 bits per heavy atom. The molecule has 1 aromatic carbocycles. The van der Waals surface area contributed by atoms with Gasteiger partial charge in [-0.2, -0.15) is 0 Å². The third-order valence-electron chi connectivity index (χ3n) is 3.24. The molecule has 0 saturated carbocycles. The fraction of sp³-hybridized carbons (Fsp3) is 0.333. The predicted octanol–water partition coefficient (Wildman–Crippen LogP) is 2.13. The van der Waals surface area contributed by atoms with E-state index in [-0.39, 0.29) is 12.3 Å². The lowest BCUT2D eigenvalue weighted by Crippen LogP contribution is -2.36. The first kappa shape index (κ1) is 18.4. The Balaban J connectivity index is 1.93. The molecule has 2 amide bonds. The van der Waals surface area contributed by atoms with Crippen LogP contribution in [0.1, 0.15) is 5.01 Å². The molecule has 0 aliphatic carbocycles. The molecule has 0 saturated heterocycles. The molecule has 130 valence electrons. The van der Waals surface area contributed by atoms with Crippen LogP contribution in [0.15, 0.2) is 29.6 Å². The molecule has 0 fully saturated rings. The molecule has 0 aliphatic rings. The second-order valence-electron chi connectivity index (χ2n) is 5.31. The fourth-order valence-corrected chi connectivity index (χ4v) is 3.25. The number of urea groups is 1. The number of nitrogens with zero attached hydrogens (tertiary/aromatic N) is 2. The number of amides is 2. The van der Waals surface area contributed by atoms with Crippen LogP contribution in [0, 0.1) is 6.92 Å². The minimum Gasteiger partial charge on any atom is -0.337 e. The number of aromatic nitrogens is 1. The fourth-order valence-electron chi connectivity index (χ4n) is 1.90. The minimum atomic E-state index is -3.32. The number of rotatable bonds is 6. The van der Waals surface area contributed by atoms with Crippen molar-refractivity contribution in [2.24, 2.45) is 0 Å². The maximum absolute atomic E-state index is 11.9. The number of benzene rings is 1. The van der Waals surface area contributed by atoms with Gasteiger partial charge in [0, 0.05) is 37.3 Å². The van der Waals surface area contributed by atoms with E-state index in [1.54, 1.807) is 17.4 Å². The first-order valence-corrected chi connectivity index (χ1v) is 9.74. The van der Waals surface area contributed by atoms with Crippen molar-refractivity contribution in [1.82, 2.24) is 14.6 Å². The first-order valence-electron chi connectivity index (χ1n) is 7.25. The summed E-state index contributed by atoms with van der Waals surface area (Å²) in [4.78, 5) is 16.3. The number of anilines is 1. The molecule has 0 bridgehead atoms. The Bertz CT molecular complexity index is 816. The zero-order valence-electron chi connectivity index (χ0n) is 13.7. The van der Waals surface area contributed by atoms with Gasteiger partial charge in [0.1, 0.15) is 0 Å². The van der Waals surface area contributed by atoms with Crippen molar-refractivity contribution >= 4 is 33.1 Å². The van der Waals surface area contributed by atoms with Gasteiger partial charge in [-0.25, -0.2) is 22.5 Å². The lowest BCUT2D eigenvalue weighted by molar-refractivity contribution is 0.252. The number of thiazole rings is 1. The van der Waals surface area contributed by atoms with Gasteiger partial charge >= 0.3 is 6.03 Å². The van der Waals surface area contributed by atoms with Crippen LogP contribution in [0.5, 0.6) is 0 Å². The number of carbonyl (C=O) groups is 1. The number of carbonyl (C=O) groups excluding carboxylic acids is 1. The molecular weight excluding hydrogens is 348 g/mol. The summed E-state index contributed by atoms with van der Waals surface area (Å²) in [5.74, 6) is -0.147. The Morgan fingerprint density at radius 3 is 2.71 bits per heavy atom. The van der Waals surface area contributed by atoms with Gasteiger partial charge in [0.25, 0.3) is 0 Å². The van der Waals surface area contributed by atoms with Gasteiger partial charge in [-0.05, 0) is 19.1 Å².